The van der Waals surface area contributed by atoms with Crippen molar-refractivity contribution in [3.05, 3.63) is 122 Å². The Morgan fingerprint density at radius 1 is 0.288 bits per heavy atom. The van der Waals surface area contributed by atoms with E-state index in [4.69, 9.17) is 14.2 Å². The van der Waals surface area contributed by atoms with Crippen molar-refractivity contribution in [2.45, 2.75) is 271 Å². The lowest BCUT2D eigenvalue weighted by Gasteiger charge is -2.18. The summed E-state index contributed by atoms with van der Waals surface area (Å²) in [7, 11) is 0. The summed E-state index contributed by atoms with van der Waals surface area (Å²) >= 11 is 0. The maximum Gasteiger partial charge on any atom is 0.306 e. The minimum Gasteiger partial charge on any atom is -0.462 e. The largest absolute Gasteiger partial charge is 0.462 e. The fourth-order valence-corrected chi connectivity index (χ4v) is 7.97. The molecule has 6 heteroatoms. The van der Waals surface area contributed by atoms with Crippen LogP contribution < -0.4 is 0 Å². The van der Waals surface area contributed by atoms with E-state index < -0.39 is 6.10 Å². The number of carbonyl (C=O) groups is 3. The summed E-state index contributed by atoms with van der Waals surface area (Å²) in [5.41, 5.74) is 0. The van der Waals surface area contributed by atoms with Crippen LogP contribution in [-0.4, -0.2) is 37.2 Å². The Morgan fingerprint density at radius 3 is 0.863 bits per heavy atom. The van der Waals surface area contributed by atoms with Crippen LogP contribution in [0.2, 0.25) is 0 Å². The van der Waals surface area contributed by atoms with E-state index in [1.165, 1.54) is 89.9 Å². The fraction of sp³-hybridized carbons (Fsp3) is 0.657. The molecule has 0 aliphatic heterocycles. The molecule has 0 N–H and O–H groups in total. The third-order valence-corrected chi connectivity index (χ3v) is 12.4. The van der Waals surface area contributed by atoms with Gasteiger partial charge in [0.15, 0.2) is 6.10 Å². The van der Waals surface area contributed by atoms with Crippen molar-refractivity contribution in [3.8, 4) is 0 Å². The number of carbonyl (C=O) groups excluding carboxylic acids is 3. The van der Waals surface area contributed by atoms with Crippen molar-refractivity contribution in [3.63, 3.8) is 0 Å². The zero-order valence-electron chi connectivity index (χ0n) is 47.4. The topological polar surface area (TPSA) is 78.9 Å². The van der Waals surface area contributed by atoms with Gasteiger partial charge in [0.05, 0.1) is 0 Å². The summed E-state index contributed by atoms with van der Waals surface area (Å²) in [5.74, 6) is -0.941. The van der Waals surface area contributed by atoms with E-state index in [-0.39, 0.29) is 37.5 Å². The lowest BCUT2D eigenvalue weighted by molar-refractivity contribution is -0.167. The Morgan fingerprint density at radius 2 is 0.534 bits per heavy atom. The molecule has 0 saturated heterocycles. The minimum atomic E-state index is -0.803. The number of esters is 3. The second-order valence-corrected chi connectivity index (χ2v) is 19.5. The van der Waals surface area contributed by atoms with Crippen LogP contribution in [0.15, 0.2) is 122 Å². The van der Waals surface area contributed by atoms with Gasteiger partial charge in [-0.3, -0.25) is 14.4 Å². The minimum absolute atomic E-state index is 0.0971. The van der Waals surface area contributed by atoms with E-state index in [0.717, 1.165) is 135 Å². The van der Waals surface area contributed by atoms with Gasteiger partial charge in [0, 0.05) is 19.3 Å². The molecule has 0 radical (unpaired) electrons. The number of hydrogen-bond acceptors (Lipinski definition) is 6. The van der Waals surface area contributed by atoms with Gasteiger partial charge in [0.25, 0.3) is 0 Å². The average molecular weight is 1010 g/mol. The summed E-state index contributed by atoms with van der Waals surface area (Å²) in [6.07, 6.45) is 83.4. The first kappa shape index (κ1) is 68.8. The summed E-state index contributed by atoms with van der Waals surface area (Å²) in [6.45, 7) is 6.34. The number of rotatable bonds is 53. The van der Waals surface area contributed by atoms with Gasteiger partial charge < -0.3 is 14.2 Å². The molecule has 0 aromatic rings. The Labute approximate surface area is 450 Å². The van der Waals surface area contributed by atoms with Crippen molar-refractivity contribution in [2.24, 2.45) is 0 Å². The maximum absolute atomic E-state index is 12.9. The third-order valence-electron chi connectivity index (χ3n) is 12.4. The maximum atomic E-state index is 12.9. The molecule has 0 aromatic heterocycles. The van der Waals surface area contributed by atoms with Crippen LogP contribution in [0.25, 0.3) is 0 Å². The molecule has 0 rings (SSSR count). The van der Waals surface area contributed by atoms with E-state index in [9.17, 15) is 14.4 Å². The van der Waals surface area contributed by atoms with Gasteiger partial charge in [-0.15, -0.1) is 0 Å². The van der Waals surface area contributed by atoms with E-state index in [0.29, 0.717) is 12.8 Å². The summed E-state index contributed by atoms with van der Waals surface area (Å²) in [5, 5.41) is 0. The zero-order valence-corrected chi connectivity index (χ0v) is 47.4. The lowest BCUT2D eigenvalue weighted by Crippen LogP contribution is -2.30. The van der Waals surface area contributed by atoms with Gasteiger partial charge in [0.1, 0.15) is 13.2 Å². The Balaban J connectivity index is 4.35. The van der Waals surface area contributed by atoms with Gasteiger partial charge in [-0.05, 0) is 122 Å². The molecule has 0 saturated carbocycles. The van der Waals surface area contributed by atoms with Gasteiger partial charge >= 0.3 is 17.9 Å². The van der Waals surface area contributed by atoms with Gasteiger partial charge in [-0.25, -0.2) is 0 Å². The molecule has 0 aliphatic carbocycles. The summed E-state index contributed by atoms with van der Waals surface area (Å²) in [6, 6.07) is 0. The Kier molecular flexibility index (Phi) is 56.9. The molecule has 1 atom stereocenters. The average Bonchev–Trinajstić information content (AvgIpc) is 3.39. The van der Waals surface area contributed by atoms with Gasteiger partial charge in [-0.2, -0.15) is 0 Å². The van der Waals surface area contributed by atoms with Crippen LogP contribution in [0.3, 0.4) is 0 Å². The van der Waals surface area contributed by atoms with Crippen LogP contribution in [-0.2, 0) is 28.6 Å². The van der Waals surface area contributed by atoms with Crippen molar-refractivity contribution in [1.82, 2.24) is 0 Å². The van der Waals surface area contributed by atoms with Crippen molar-refractivity contribution >= 4 is 17.9 Å². The Hall–Kier alpha value is -4.19. The molecule has 0 aromatic carbocycles. The normalized spacial score (nSPS) is 13.0. The SMILES string of the molecule is CC/C=C\C/C=C\C/C=C\C/C=C\C/C=C\CCCCCC(=O)OC(COC(=O)CCCCCCC/C=C\CCCC)COC(=O)CCCCCCCCCCCCCC/C=C\C/C=C\C/C=C\C/C=C\CC. The predicted molar refractivity (Wildman–Crippen MR) is 316 cm³/mol. The van der Waals surface area contributed by atoms with Gasteiger partial charge in [0.2, 0.25) is 0 Å². The standard InChI is InChI=1S/C67H110O6/c1-4-7-10-13-16-19-22-24-26-28-30-31-32-33-34-35-37-38-40-42-45-48-51-54-57-60-66(69)72-63-64(62-71-65(68)59-56-53-50-47-44-21-18-15-12-9-6-3)73-67(70)61-58-55-52-49-46-43-41-39-36-29-27-25-23-20-17-14-11-8-5-2/h7-8,10-11,15-20,24-27,30-31,36,39,43,46,64H,4-6,9,12-14,21-23,28-29,32-35,37-38,40-42,44-45,47-63H2,1-3H3/b10-7-,11-8-,18-15-,19-16-,20-17-,26-24-,27-25-,31-30-,39-36-,46-43-. The molecule has 6 nitrogen and oxygen atoms in total. The molecule has 0 spiro atoms. The van der Waals surface area contributed by atoms with E-state index in [1.54, 1.807) is 0 Å². The smallest absolute Gasteiger partial charge is 0.306 e. The molecular weight excluding hydrogens is 901 g/mol. The Bertz CT molecular complexity index is 1540. The van der Waals surface area contributed by atoms with E-state index in [2.05, 4.69) is 142 Å². The van der Waals surface area contributed by atoms with Crippen LogP contribution >= 0.6 is 0 Å². The molecule has 0 heterocycles. The van der Waals surface area contributed by atoms with Crippen LogP contribution in [0, 0.1) is 0 Å². The second-order valence-electron chi connectivity index (χ2n) is 19.5. The molecular formula is C67H110O6. The van der Waals surface area contributed by atoms with Crippen LogP contribution in [0.4, 0.5) is 0 Å². The first-order valence-corrected chi connectivity index (χ1v) is 30.0. The first-order chi connectivity index (χ1) is 36.0. The number of ether oxygens (including phenoxy) is 3. The van der Waals surface area contributed by atoms with Gasteiger partial charge in [-0.1, -0.05) is 245 Å². The molecule has 1 unspecified atom stereocenters. The van der Waals surface area contributed by atoms with Crippen LogP contribution in [0.1, 0.15) is 265 Å². The highest BCUT2D eigenvalue weighted by molar-refractivity contribution is 5.71. The monoisotopic (exact) mass is 1010 g/mol. The second kappa shape index (κ2) is 60.4. The van der Waals surface area contributed by atoms with E-state index in [1.807, 2.05) is 0 Å². The first-order valence-electron chi connectivity index (χ1n) is 30.0. The highest BCUT2D eigenvalue weighted by Gasteiger charge is 2.19. The fourth-order valence-electron chi connectivity index (χ4n) is 7.97. The third kappa shape index (κ3) is 58.6. The highest BCUT2D eigenvalue weighted by atomic mass is 16.6. The highest BCUT2D eigenvalue weighted by Crippen LogP contribution is 2.15. The number of allylic oxidation sites excluding steroid dienone is 20. The molecule has 0 bridgehead atoms. The molecule has 0 amide bonds. The molecule has 414 valence electrons. The number of unbranched alkanes of at least 4 members (excludes halogenated alkanes) is 22. The van der Waals surface area contributed by atoms with Crippen molar-refractivity contribution < 1.29 is 28.6 Å². The van der Waals surface area contributed by atoms with Crippen molar-refractivity contribution in [2.75, 3.05) is 13.2 Å². The molecule has 0 fully saturated rings. The summed E-state index contributed by atoms with van der Waals surface area (Å²) < 4.78 is 16.8. The van der Waals surface area contributed by atoms with Crippen molar-refractivity contribution in [1.29, 1.82) is 0 Å². The lowest BCUT2D eigenvalue weighted by atomic mass is 10.0. The van der Waals surface area contributed by atoms with E-state index >= 15 is 0 Å². The predicted octanol–water partition coefficient (Wildman–Crippen LogP) is 20.4. The quantitative estimate of drug-likeness (QED) is 0.0261. The molecule has 0 aliphatic rings. The molecule has 73 heavy (non-hydrogen) atoms. The summed E-state index contributed by atoms with van der Waals surface area (Å²) in [4.78, 5) is 38.2. The zero-order chi connectivity index (χ0) is 52.9. The van der Waals surface area contributed by atoms with Crippen LogP contribution in [0.5, 0.6) is 0 Å². The number of hydrogen-bond donors (Lipinski definition) is 0.